The van der Waals surface area contributed by atoms with Gasteiger partial charge in [-0.1, -0.05) is 20.3 Å². The molecule has 2 heteroatoms. The Hall–Kier alpha value is -0.110. The van der Waals surface area contributed by atoms with Crippen LogP contribution in [0, 0.1) is 5.92 Å². The maximum absolute atomic E-state index is 13.0. The standard InChI is InChI=1S/C7H15FO/c1-4-6(2)7(3,8)5-9/h6,9H,4-5H2,1-3H3. The second-order valence-electron chi connectivity index (χ2n) is 2.75. The summed E-state index contributed by atoms with van der Waals surface area (Å²) in [6.07, 6.45) is 0.771. The minimum atomic E-state index is -1.39. The zero-order chi connectivity index (χ0) is 7.49. The Balaban J connectivity index is 3.80. The maximum atomic E-state index is 13.0. The van der Waals surface area contributed by atoms with Crippen molar-refractivity contribution in [2.45, 2.75) is 32.9 Å². The molecule has 0 bridgehead atoms. The van der Waals surface area contributed by atoms with Gasteiger partial charge in [-0.25, -0.2) is 4.39 Å². The average molecular weight is 134 g/mol. The fourth-order valence-electron chi connectivity index (χ4n) is 0.581. The molecule has 0 aliphatic carbocycles. The molecule has 1 N–H and O–H groups in total. The van der Waals surface area contributed by atoms with Crippen molar-refractivity contribution in [1.82, 2.24) is 0 Å². The van der Waals surface area contributed by atoms with Crippen LogP contribution >= 0.6 is 0 Å². The summed E-state index contributed by atoms with van der Waals surface area (Å²) in [5.41, 5.74) is -1.39. The molecule has 2 unspecified atom stereocenters. The summed E-state index contributed by atoms with van der Waals surface area (Å²) in [7, 11) is 0. The van der Waals surface area contributed by atoms with E-state index in [-0.39, 0.29) is 12.5 Å². The molecule has 0 saturated carbocycles. The smallest absolute Gasteiger partial charge is 0.133 e. The first kappa shape index (κ1) is 8.89. The number of aliphatic hydroxyl groups is 1. The highest BCUT2D eigenvalue weighted by atomic mass is 19.1. The zero-order valence-electron chi connectivity index (χ0n) is 6.32. The van der Waals surface area contributed by atoms with Crippen molar-refractivity contribution in [3.8, 4) is 0 Å². The van der Waals surface area contributed by atoms with Crippen LogP contribution in [-0.4, -0.2) is 17.4 Å². The molecule has 56 valence electrons. The highest BCUT2D eigenvalue weighted by Crippen LogP contribution is 2.23. The van der Waals surface area contributed by atoms with Gasteiger partial charge in [-0.3, -0.25) is 0 Å². The van der Waals surface area contributed by atoms with Crippen molar-refractivity contribution in [3.63, 3.8) is 0 Å². The summed E-state index contributed by atoms with van der Waals surface area (Å²) in [5.74, 6) is -0.0532. The minimum Gasteiger partial charge on any atom is -0.393 e. The van der Waals surface area contributed by atoms with Crippen LogP contribution in [0.3, 0.4) is 0 Å². The van der Waals surface area contributed by atoms with E-state index in [1.54, 1.807) is 6.92 Å². The van der Waals surface area contributed by atoms with Gasteiger partial charge in [0.25, 0.3) is 0 Å². The summed E-state index contributed by atoms with van der Waals surface area (Å²) in [5, 5.41) is 8.52. The molecule has 0 spiro atoms. The number of aliphatic hydroxyl groups excluding tert-OH is 1. The number of alkyl halides is 1. The van der Waals surface area contributed by atoms with Gasteiger partial charge in [0, 0.05) is 0 Å². The van der Waals surface area contributed by atoms with Gasteiger partial charge < -0.3 is 5.11 Å². The average Bonchev–Trinajstić information content (AvgIpc) is 1.86. The van der Waals surface area contributed by atoms with Crippen molar-refractivity contribution in [2.24, 2.45) is 5.92 Å². The van der Waals surface area contributed by atoms with Gasteiger partial charge in [-0.05, 0) is 12.8 Å². The normalized spacial score (nSPS) is 21.0. The number of hydrogen-bond donors (Lipinski definition) is 1. The fraction of sp³-hybridized carbons (Fsp3) is 1.00. The van der Waals surface area contributed by atoms with E-state index in [4.69, 9.17) is 5.11 Å². The Kier molecular flexibility index (Phi) is 3.12. The summed E-state index contributed by atoms with van der Waals surface area (Å²) in [6, 6.07) is 0. The lowest BCUT2D eigenvalue weighted by molar-refractivity contribution is 0.0375. The van der Waals surface area contributed by atoms with E-state index in [9.17, 15) is 4.39 Å². The van der Waals surface area contributed by atoms with E-state index >= 15 is 0 Å². The molecule has 0 rings (SSSR count). The van der Waals surface area contributed by atoms with Gasteiger partial charge >= 0.3 is 0 Å². The Morgan fingerprint density at radius 1 is 1.67 bits per heavy atom. The number of rotatable bonds is 3. The predicted molar refractivity (Wildman–Crippen MR) is 36.1 cm³/mol. The molecule has 0 heterocycles. The van der Waals surface area contributed by atoms with Crippen molar-refractivity contribution in [3.05, 3.63) is 0 Å². The third kappa shape index (κ3) is 2.31. The van der Waals surface area contributed by atoms with E-state index in [1.165, 1.54) is 6.92 Å². The number of hydrogen-bond acceptors (Lipinski definition) is 1. The molecule has 0 aromatic rings. The van der Waals surface area contributed by atoms with Crippen LogP contribution in [0.5, 0.6) is 0 Å². The van der Waals surface area contributed by atoms with Gasteiger partial charge in [0.1, 0.15) is 5.67 Å². The van der Waals surface area contributed by atoms with E-state index in [0.717, 1.165) is 6.42 Å². The first-order valence-electron chi connectivity index (χ1n) is 3.34. The van der Waals surface area contributed by atoms with Crippen molar-refractivity contribution in [2.75, 3.05) is 6.61 Å². The molecule has 9 heavy (non-hydrogen) atoms. The van der Waals surface area contributed by atoms with Gasteiger partial charge in [0.05, 0.1) is 6.61 Å². The predicted octanol–water partition coefficient (Wildman–Crippen LogP) is 1.75. The first-order chi connectivity index (χ1) is 4.04. The third-order valence-electron chi connectivity index (χ3n) is 1.95. The molecule has 0 aliphatic rings. The van der Waals surface area contributed by atoms with Crippen LogP contribution in [0.2, 0.25) is 0 Å². The number of halogens is 1. The Morgan fingerprint density at radius 3 is 2.22 bits per heavy atom. The lowest BCUT2D eigenvalue weighted by Crippen LogP contribution is -2.31. The molecule has 0 saturated heterocycles. The van der Waals surface area contributed by atoms with Crippen molar-refractivity contribution < 1.29 is 9.50 Å². The van der Waals surface area contributed by atoms with Gasteiger partial charge in [-0.15, -0.1) is 0 Å². The summed E-state index contributed by atoms with van der Waals surface area (Å²) < 4.78 is 13.0. The van der Waals surface area contributed by atoms with Crippen molar-refractivity contribution >= 4 is 0 Å². The monoisotopic (exact) mass is 134 g/mol. The first-order valence-corrected chi connectivity index (χ1v) is 3.34. The van der Waals surface area contributed by atoms with Crippen LogP contribution < -0.4 is 0 Å². The molecule has 2 atom stereocenters. The Bertz CT molecular complexity index is 81.0. The highest BCUT2D eigenvalue weighted by Gasteiger charge is 2.28. The molecule has 0 aromatic carbocycles. The minimum absolute atomic E-state index is 0.0532. The fourth-order valence-corrected chi connectivity index (χ4v) is 0.581. The quantitative estimate of drug-likeness (QED) is 0.623. The Labute approximate surface area is 55.9 Å². The molecule has 0 aliphatic heterocycles. The van der Waals surface area contributed by atoms with Gasteiger partial charge in [-0.2, -0.15) is 0 Å². The van der Waals surface area contributed by atoms with Crippen LogP contribution in [0.15, 0.2) is 0 Å². The molecular formula is C7H15FO. The second kappa shape index (κ2) is 3.16. The maximum Gasteiger partial charge on any atom is 0.133 e. The molecule has 1 nitrogen and oxygen atoms in total. The highest BCUT2D eigenvalue weighted by molar-refractivity contribution is 4.77. The zero-order valence-corrected chi connectivity index (χ0v) is 6.32. The van der Waals surface area contributed by atoms with Crippen LogP contribution in [0.25, 0.3) is 0 Å². The van der Waals surface area contributed by atoms with E-state index in [2.05, 4.69) is 0 Å². The molecule has 0 radical (unpaired) electrons. The van der Waals surface area contributed by atoms with Gasteiger partial charge in [0.15, 0.2) is 0 Å². The topological polar surface area (TPSA) is 20.2 Å². The van der Waals surface area contributed by atoms with Crippen LogP contribution in [0.4, 0.5) is 4.39 Å². The summed E-state index contributed by atoms with van der Waals surface area (Å²) in [6.45, 7) is 4.78. The molecule has 0 aromatic heterocycles. The summed E-state index contributed by atoms with van der Waals surface area (Å²) >= 11 is 0. The largest absolute Gasteiger partial charge is 0.393 e. The Morgan fingerprint density at radius 2 is 2.11 bits per heavy atom. The third-order valence-corrected chi connectivity index (χ3v) is 1.95. The SMILES string of the molecule is CCC(C)C(C)(F)CO. The molecular weight excluding hydrogens is 119 g/mol. The van der Waals surface area contributed by atoms with Gasteiger partial charge in [0.2, 0.25) is 0 Å². The lowest BCUT2D eigenvalue weighted by Gasteiger charge is -2.23. The molecule has 0 amide bonds. The van der Waals surface area contributed by atoms with Crippen molar-refractivity contribution in [1.29, 1.82) is 0 Å². The summed E-state index contributed by atoms with van der Waals surface area (Å²) in [4.78, 5) is 0. The van der Waals surface area contributed by atoms with Crippen LogP contribution in [0.1, 0.15) is 27.2 Å². The van der Waals surface area contributed by atoms with Crippen LogP contribution in [-0.2, 0) is 0 Å². The second-order valence-corrected chi connectivity index (χ2v) is 2.75. The lowest BCUT2D eigenvalue weighted by atomic mass is 9.91. The molecule has 0 fully saturated rings. The van der Waals surface area contributed by atoms with E-state index in [0.29, 0.717) is 0 Å². The van der Waals surface area contributed by atoms with E-state index < -0.39 is 5.67 Å². The van der Waals surface area contributed by atoms with E-state index in [1.807, 2.05) is 6.92 Å².